The number of allylic oxidation sites excluding steroid dienone is 1. The molecule has 164 valence electrons. The van der Waals surface area contributed by atoms with Crippen LogP contribution in [-0.4, -0.2) is 33.5 Å². The van der Waals surface area contributed by atoms with Crippen molar-refractivity contribution in [2.75, 3.05) is 20.8 Å². The molecule has 1 heterocycles. The van der Waals surface area contributed by atoms with Crippen molar-refractivity contribution in [2.24, 2.45) is 0 Å². The molecule has 0 saturated carbocycles. The number of hydrogen-bond acceptors (Lipinski definition) is 4. The average Bonchev–Trinajstić information content (AvgIpc) is 2.79. The first-order chi connectivity index (χ1) is 14.9. The summed E-state index contributed by atoms with van der Waals surface area (Å²) < 4.78 is 37.9. The zero-order chi connectivity index (χ0) is 22.3. The van der Waals surface area contributed by atoms with Crippen molar-refractivity contribution in [1.29, 1.82) is 0 Å². The lowest BCUT2D eigenvalue weighted by Gasteiger charge is -2.26. The maximum atomic E-state index is 12.9. The molecule has 2 aromatic carbocycles. The normalized spacial score (nSPS) is 13.8. The van der Waals surface area contributed by atoms with Gasteiger partial charge in [0.15, 0.2) is 0 Å². The Labute approximate surface area is 185 Å². The molecule has 1 aliphatic rings. The lowest BCUT2D eigenvalue weighted by Crippen LogP contribution is -2.30. The van der Waals surface area contributed by atoms with Crippen molar-refractivity contribution < 1.29 is 17.9 Å². The summed E-state index contributed by atoms with van der Waals surface area (Å²) in [5.74, 6) is 7.78. The molecular formula is C25H29NO4S. The van der Waals surface area contributed by atoms with Crippen molar-refractivity contribution in [3.8, 4) is 23.3 Å². The number of methoxy groups -OCH3 is 2. The van der Waals surface area contributed by atoms with Gasteiger partial charge in [0.1, 0.15) is 11.5 Å². The Balaban J connectivity index is 1.60. The summed E-state index contributed by atoms with van der Waals surface area (Å²) in [6.45, 7) is 2.47. The number of unbranched alkanes of at least 4 members (excludes halogenated alkanes) is 1. The predicted molar refractivity (Wildman–Crippen MR) is 123 cm³/mol. The van der Waals surface area contributed by atoms with E-state index in [9.17, 15) is 8.42 Å². The number of hydrogen-bond donors (Lipinski definition) is 0. The molecule has 0 spiro atoms. The van der Waals surface area contributed by atoms with Gasteiger partial charge in [-0.05, 0) is 56.9 Å². The lowest BCUT2D eigenvalue weighted by atomic mass is 10.0. The van der Waals surface area contributed by atoms with Gasteiger partial charge in [0.2, 0.25) is 0 Å². The van der Waals surface area contributed by atoms with Crippen LogP contribution in [0.1, 0.15) is 43.2 Å². The van der Waals surface area contributed by atoms with Crippen LogP contribution in [0.4, 0.5) is 0 Å². The van der Waals surface area contributed by atoms with E-state index in [2.05, 4.69) is 11.8 Å². The SMILES string of the molecule is COc1cc(C#CCCCC2=CN(S(=O)(=O)c3ccc(C)cc3)CCC2)cc(OC)c1. The third-order valence-electron chi connectivity index (χ3n) is 5.21. The number of rotatable bonds is 7. The molecule has 31 heavy (non-hydrogen) atoms. The quantitative estimate of drug-likeness (QED) is 0.455. The van der Waals surface area contributed by atoms with Crippen LogP contribution >= 0.6 is 0 Å². The van der Waals surface area contributed by atoms with Gasteiger partial charge < -0.3 is 9.47 Å². The molecule has 1 aliphatic heterocycles. The van der Waals surface area contributed by atoms with Crippen molar-refractivity contribution >= 4 is 10.0 Å². The summed E-state index contributed by atoms with van der Waals surface area (Å²) in [7, 11) is -0.257. The zero-order valence-electron chi connectivity index (χ0n) is 18.3. The first-order valence-corrected chi connectivity index (χ1v) is 11.9. The molecular weight excluding hydrogens is 410 g/mol. The minimum atomic E-state index is -3.49. The lowest BCUT2D eigenvalue weighted by molar-refractivity contribution is 0.394. The van der Waals surface area contributed by atoms with Gasteiger partial charge in [0, 0.05) is 30.8 Å². The minimum absolute atomic E-state index is 0.343. The average molecular weight is 440 g/mol. The van der Waals surface area contributed by atoms with Gasteiger partial charge in [-0.2, -0.15) is 0 Å². The second-order valence-corrected chi connectivity index (χ2v) is 9.47. The van der Waals surface area contributed by atoms with Crippen LogP contribution in [0.25, 0.3) is 0 Å². The van der Waals surface area contributed by atoms with E-state index in [1.54, 1.807) is 26.4 Å². The molecule has 5 nitrogen and oxygen atoms in total. The van der Waals surface area contributed by atoms with Gasteiger partial charge in [0.05, 0.1) is 19.1 Å². The molecule has 2 aromatic rings. The minimum Gasteiger partial charge on any atom is -0.497 e. The van der Waals surface area contributed by atoms with E-state index >= 15 is 0 Å². The third kappa shape index (κ3) is 6.05. The summed E-state index contributed by atoms with van der Waals surface area (Å²) in [5, 5.41) is 0. The van der Waals surface area contributed by atoms with Crippen LogP contribution in [0.15, 0.2) is 59.1 Å². The predicted octanol–water partition coefficient (Wildman–Crippen LogP) is 4.90. The highest BCUT2D eigenvalue weighted by Crippen LogP contribution is 2.26. The Kier molecular flexibility index (Phi) is 7.64. The summed E-state index contributed by atoms with van der Waals surface area (Å²) in [5.41, 5.74) is 3.05. The van der Waals surface area contributed by atoms with Crippen molar-refractivity contribution in [3.63, 3.8) is 0 Å². The Morgan fingerprint density at radius 3 is 2.35 bits per heavy atom. The van der Waals surface area contributed by atoms with Crippen LogP contribution < -0.4 is 9.47 Å². The van der Waals surface area contributed by atoms with Gasteiger partial charge in [-0.1, -0.05) is 35.1 Å². The van der Waals surface area contributed by atoms with E-state index in [0.29, 0.717) is 22.9 Å². The summed E-state index contributed by atoms with van der Waals surface area (Å²) in [4.78, 5) is 0.343. The number of ether oxygens (including phenoxy) is 2. The second kappa shape index (κ2) is 10.4. The zero-order valence-corrected chi connectivity index (χ0v) is 19.2. The Hall–Kier alpha value is -2.91. The molecule has 0 bridgehead atoms. The fourth-order valence-electron chi connectivity index (χ4n) is 3.47. The molecule has 0 saturated heterocycles. The molecule has 0 aromatic heterocycles. The van der Waals surface area contributed by atoms with Gasteiger partial charge in [-0.25, -0.2) is 8.42 Å². The van der Waals surface area contributed by atoms with Crippen LogP contribution in [-0.2, 0) is 10.0 Å². The van der Waals surface area contributed by atoms with E-state index in [1.165, 1.54) is 4.31 Å². The maximum Gasteiger partial charge on any atom is 0.263 e. The molecule has 0 aliphatic carbocycles. The van der Waals surface area contributed by atoms with Crippen molar-refractivity contribution in [1.82, 2.24) is 4.31 Å². The Bertz CT molecular complexity index is 1070. The summed E-state index contributed by atoms with van der Waals surface area (Å²) >= 11 is 0. The molecule has 0 atom stereocenters. The van der Waals surface area contributed by atoms with Gasteiger partial charge >= 0.3 is 0 Å². The van der Waals surface area contributed by atoms with Gasteiger partial charge in [0.25, 0.3) is 10.0 Å². The third-order valence-corrected chi connectivity index (χ3v) is 6.99. The molecule has 0 radical (unpaired) electrons. The molecule has 0 fully saturated rings. The van der Waals surface area contributed by atoms with Gasteiger partial charge in [-0.15, -0.1) is 0 Å². The first kappa shape index (κ1) is 22.8. The van der Waals surface area contributed by atoms with Crippen molar-refractivity contribution in [3.05, 3.63) is 65.4 Å². The largest absolute Gasteiger partial charge is 0.497 e. The topological polar surface area (TPSA) is 55.8 Å². The Morgan fingerprint density at radius 2 is 1.71 bits per heavy atom. The molecule has 3 rings (SSSR count). The molecule has 0 unspecified atom stereocenters. The highest BCUT2D eigenvalue weighted by Gasteiger charge is 2.24. The van der Waals surface area contributed by atoms with Crippen LogP contribution in [0.5, 0.6) is 11.5 Å². The van der Waals surface area contributed by atoms with Crippen molar-refractivity contribution in [2.45, 2.75) is 43.9 Å². The van der Waals surface area contributed by atoms with E-state index < -0.39 is 10.0 Å². The summed E-state index contributed by atoms with van der Waals surface area (Å²) in [6, 6.07) is 12.6. The standard InChI is InChI=1S/C25H29NO4S/c1-20-11-13-25(14-12-20)31(27,28)26-15-7-10-21(19-26)8-5-4-6-9-22-16-23(29-2)18-24(17-22)30-3/h11-14,16-19H,4-5,7-8,10,15H2,1-3H3. The highest BCUT2D eigenvalue weighted by molar-refractivity contribution is 7.89. The number of benzene rings is 2. The number of sulfonamides is 1. The first-order valence-electron chi connectivity index (χ1n) is 10.4. The summed E-state index contributed by atoms with van der Waals surface area (Å²) in [6.07, 6.45) is 6.06. The molecule has 0 amide bonds. The number of nitrogens with zero attached hydrogens (tertiary/aromatic N) is 1. The molecule has 6 heteroatoms. The van der Waals surface area contributed by atoms with Crippen LogP contribution in [0, 0.1) is 18.8 Å². The Morgan fingerprint density at radius 1 is 1.03 bits per heavy atom. The van der Waals surface area contributed by atoms with Gasteiger partial charge in [-0.3, -0.25) is 4.31 Å². The van der Waals surface area contributed by atoms with E-state index in [1.807, 2.05) is 43.5 Å². The fraction of sp³-hybridized carbons (Fsp3) is 0.360. The van der Waals surface area contributed by atoms with Crippen LogP contribution in [0.3, 0.4) is 0 Å². The smallest absolute Gasteiger partial charge is 0.263 e. The second-order valence-electron chi connectivity index (χ2n) is 7.58. The maximum absolute atomic E-state index is 12.9. The highest BCUT2D eigenvalue weighted by atomic mass is 32.2. The van der Waals surface area contributed by atoms with E-state index in [0.717, 1.165) is 48.8 Å². The fourth-order valence-corrected chi connectivity index (χ4v) is 4.88. The van der Waals surface area contributed by atoms with E-state index in [-0.39, 0.29) is 0 Å². The monoisotopic (exact) mass is 439 g/mol. The van der Waals surface area contributed by atoms with Crippen LogP contribution in [0.2, 0.25) is 0 Å². The van der Waals surface area contributed by atoms with E-state index in [4.69, 9.17) is 9.47 Å². The molecule has 0 N–H and O–H groups in total. The number of aryl methyl sites for hydroxylation is 1.